The van der Waals surface area contributed by atoms with Gasteiger partial charge in [-0.25, -0.2) is 5.06 Å². The summed E-state index contributed by atoms with van der Waals surface area (Å²) >= 11 is 0. The molecule has 1 aromatic rings. The fraction of sp³-hybridized carbons (Fsp3) is 0.364. The molecule has 1 N–H and O–H groups in total. The highest BCUT2D eigenvalue weighted by Crippen LogP contribution is 2.27. The van der Waals surface area contributed by atoms with Crippen molar-refractivity contribution in [2.24, 2.45) is 0 Å². The van der Waals surface area contributed by atoms with Crippen LogP contribution < -0.4 is 4.74 Å². The van der Waals surface area contributed by atoms with Gasteiger partial charge < -0.3 is 9.84 Å². The van der Waals surface area contributed by atoms with Crippen LogP contribution in [-0.4, -0.2) is 36.3 Å². The van der Waals surface area contributed by atoms with Crippen molar-refractivity contribution in [1.82, 2.24) is 5.06 Å². The van der Waals surface area contributed by atoms with E-state index >= 15 is 0 Å². The monoisotopic (exact) mass is 223 g/mol. The lowest BCUT2D eigenvalue weighted by Crippen LogP contribution is -2.26. The molecule has 1 saturated heterocycles. The molecule has 86 valence electrons. The number of rotatable bonds is 2. The summed E-state index contributed by atoms with van der Waals surface area (Å²) < 4.78 is 4.90. The maximum Gasteiger partial charge on any atom is 0.277 e. The van der Waals surface area contributed by atoms with Crippen LogP contribution in [0.2, 0.25) is 0 Å². The SMILES string of the molecule is COc1ccc(C(=O)N2CCCO2)cc1O. The van der Waals surface area contributed by atoms with Gasteiger partial charge in [0.15, 0.2) is 11.5 Å². The number of ether oxygens (including phenoxy) is 1. The highest BCUT2D eigenvalue weighted by atomic mass is 16.7. The molecular weight excluding hydrogens is 210 g/mol. The summed E-state index contributed by atoms with van der Waals surface area (Å²) in [7, 11) is 1.46. The Morgan fingerprint density at radius 2 is 2.38 bits per heavy atom. The fourth-order valence-electron chi connectivity index (χ4n) is 1.57. The average Bonchev–Trinajstić information content (AvgIpc) is 2.81. The van der Waals surface area contributed by atoms with Crippen molar-refractivity contribution < 1.29 is 19.5 Å². The topological polar surface area (TPSA) is 59.0 Å². The molecule has 1 heterocycles. The molecule has 1 aromatic carbocycles. The smallest absolute Gasteiger partial charge is 0.277 e. The van der Waals surface area contributed by atoms with Gasteiger partial charge in [0.05, 0.1) is 20.3 Å². The molecule has 0 bridgehead atoms. The Balaban J connectivity index is 2.20. The van der Waals surface area contributed by atoms with Crippen LogP contribution >= 0.6 is 0 Å². The molecule has 5 nitrogen and oxygen atoms in total. The molecule has 0 aliphatic carbocycles. The van der Waals surface area contributed by atoms with Crippen LogP contribution in [0.4, 0.5) is 0 Å². The third-order valence-electron chi connectivity index (χ3n) is 2.40. The van der Waals surface area contributed by atoms with Crippen LogP contribution in [-0.2, 0) is 4.84 Å². The molecule has 1 fully saturated rings. The van der Waals surface area contributed by atoms with Crippen molar-refractivity contribution >= 4 is 5.91 Å². The standard InChI is InChI=1S/C11H13NO4/c1-15-10-4-3-8(7-9(10)13)11(14)12-5-2-6-16-12/h3-4,7,13H,2,5-6H2,1H3. The summed E-state index contributed by atoms with van der Waals surface area (Å²) in [5.74, 6) is 0.0573. The number of methoxy groups -OCH3 is 1. The van der Waals surface area contributed by atoms with Crippen molar-refractivity contribution in [2.45, 2.75) is 6.42 Å². The number of carbonyl (C=O) groups is 1. The molecule has 1 aliphatic heterocycles. The van der Waals surface area contributed by atoms with Crippen molar-refractivity contribution in [3.63, 3.8) is 0 Å². The molecule has 0 atom stereocenters. The van der Waals surface area contributed by atoms with Gasteiger partial charge in [-0.15, -0.1) is 0 Å². The number of hydrogen-bond donors (Lipinski definition) is 1. The number of phenols is 1. The molecule has 16 heavy (non-hydrogen) atoms. The lowest BCUT2D eigenvalue weighted by atomic mass is 10.2. The zero-order valence-electron chi connectivity index (χ0n) is 8.97. The zero-order valence-corrected chi connectivity index (χ0v) is 8.97. The van der Waals surface area contributed by atoms with Crippen LogP contribution in [0.3, 0.4) is 0 Å². The first kappa shape index (κ1) is 10.8. The number of nitrogens with zero attached hydrogens (tertiary/aromatic N) is 1. The number of hydrogen-bond acceptors (Lipinski definition) is 4. The van der Waals surface area contributed by atoms with Gasteiger partial charge in [-0.05, 0) is 24.6 Å². The van der Waals surface area contributed by atoms with Crippen molar-refractivity contribution in [2.75, 3.05) is 20.3 Å². The molecule has 0 radical (unpaired) electrons. The van der Waals surface area contributed by atoms with E-state index in [2.05, 4.69) is 0 Å². The Morgan fingerprint density at radius 1 is 1.56 bits per heavy atom. The summed E-state index contributed by atoms with van der Waals surface area (Å²) in [6.07, 6.45) is 0.841. The van der Waals surface area contributed by atoms with Gasteiger partial charge in [-0.1, -0.05) is 0 Å². The highest BCUT2D eigenvalue weighted by molar-refractivity contribution is 5.94. The van der Waals surface area contributed by atoms with Gasteiger partial charge in [0.1, 0.15) is 0 Å². The second kappa shape index (κ2) is 4.40. The minimum atomic E-state index is -0.240. The molecular formula is C11H13NO4. The largest absolute Gasteiger partial charge is 0.504 e. The number of phenolic OH excluding ortho intramolecular Hbond substituents is 1. The van der Waals surface area contributed by atoms with E-state index in [0.29, 0.717) is 24.5 Å². The molecule has 0 spiro atoms. The maximum absolute atomic E-state index is 11.8. The van der Waals surface area contributed by atoms with Gasteiger partial charge in [-0.3, -0.25) is 9.63 Å². The van der Waals surface area contributed by atoms with Gasteiger partial charge in [0, 0.05) is 5.56 Å². The zero-order chi connectivity index (χ0) is 11.5. The Labute approximate surface area is 93.1 Å². The highest BCUT2D eigenvalue weighted by Gasteiger charge is 2.21. The second-order valence-electron chi connectivity index (χ2n) is 3.48. The lowest BCUT2D eigenvalue weighted by molar-refractivity contribution is -0.0768. The fourth-order valence-corrected chi connectivity index (χ4v) is 1.57. The van der Waals surface area contributed by atoms with E-state index in [9.17, 15) is 9.90 Å². The molecule has 1 amide bonds. The van der Waals surface area contributed by atoms with Crippen LogP contribution in [0.15, 0.2) is 18.2 Å². The number of hydroxylamine groups is 2. The Hall–Kier alpha value is -1.75. The summed E-state index contributed by atoms with van der Waals surface area (Å²) in [6, 6.07) is 4.53. The predicted octanol–water partition coefficient (Wildman–Crippen LogP) is 1.18. The lowest BCUT2D eigenvalue weighted by Gasteiger charge is -2.14. The average molecular weight is 223 g/mol. The molecule has 5 heteroatoms. The van der Waals surface area contributed by atoms with E-state index in [1.807, 2.05) is 0 Å². The summed E-state index contributed by atoms with van der Waals surface area (Å²) in [6.45, 7) is 1.15. The van der Waals surface area contributed by atoms with Crippen molar-refractivity contribution in [3.05, 3.63) is 23.8 Å². The van der Waals surface area contributed by atoms with Crippen LogP contribution in [0.1, 0.15) is 16.8 Å². The van der Waals surface area contributed by atoms with Crippen LogP contribution in [0, 0.1) is 0 Å². The predicted molar refractivity (Wildman–Crippen MR) is 56.3 cm³/mol. The summed E-state index contributed by atoms with van der Waals surface area (Å²) in [5, 5.41) is 10.9. The van der Waals surface area contributed by atoms with Gasteiger partial charge in [-0.2, -0.15) is 0 Å². The summed E-state index contributed by atoms with van der Waals surface area (Å²) in [4.78, 5) is 17.0. The Morgan fingerprint density at radius 3 is 2.94 bits per heavy atom. The van der Waals surface area contributed by atoms with Gasteiger partial charge in [0.25, 0.3) is 5.91 Å². The number of carbonyl (C=O) groups excluding carboxylic acids is 1. The number of amides is 1. The first-order valence-corrected chi connectivity index (χ1v) is 5.04. The number of benzene rings is 1. The third-order valence-corrected chi connectivity index (χ3v) is 2.40. The van der Waals surface area contributed by atoms with E-state index in [4.69, 9.17) is 9.57 Å². The van der Waals surface area contributed by atoms with Crippen molar-refractivity contribution in [1.29, 1.82) is 0 Å². The summed E-state index contributed by atoms with van der Waals surface area (Å²) in [5.41, 5.74) is 0.389. The van der Waals surface area contributed by atoms with Crippen LogP contribution in [0.5, 0.6) is 11.5 Å². The van der Waals surface area contributed by atoms with Crippen LogP contribution in [0.25, 0.3) is 0 Å². The van der Waals surface area contributed by atoms with E-state index < -0.39 is 0 Å². The molecule has 0 unspecified atom stereocenters. The normalized spacial score (nSPS) is 15.2. The molecule has 1 aliphatic rings. The van der Waals surface area contributed by atoms with E-state index in [-0.39, 0.29) is 11.7 Å². The quantitative estimate of drug-likeness (QED) is 0.817. The maximum atomic E-state index is 11.8. The minimum Gasteiger partial charge on any atom is -0.504 e. The third kappa shape index (κ3) is 1.94. The van der Waals surface area contributed by atoms with E-state index in [1.54, 1.807) is 12.1 Å². The molecule has 2 rings (SSSR count). The Bertz CT molecular complexity index is 399. The van der Waals surface area contributed by atoms with Crippen molar-refractivity contribution in [3.8, 4) is 11.5 Å². The van der Waals surface area contributed by atoms with Gasteiger partial charge in [0.2, 0.25) is 0 Å². The molecule has 0 aromatic heterocycles. The molecule has 0 saturated carbocycles. The first-order valence-electron chi connectivity index (χ1n) is 5.04. The van der Waals surface area contributed by atoms with E-state index in [0.717, 1.165) is 6.42 Å². The number of aromatic hydroxyl groups is 1. The first-order chi connectivity index (χ1) is 7.72. The van der Waals surface area contributed by atoms with E-state index in [1.165, 1.54) is 18.2 Å². The van der Waals surface area contributed by atoms with Gasteiger partial charge >= 0.3 is 0 Å². The minimum absolute atomic E-state index is 0.0486. The Kier molecular flexibility index (Phi) is 2.96. The second-order valence-corrected chi connectivity index (χ2v) is 3.48.